The second-order valence-corrected chi connectivity index (χ2v) is 10.3. The average molecular weight is 492 g/mol. The van der Waals surface area contributed by atoms with Crippen molar-refractivity contribution in [3.8, 4) is 11.5 Å². The van der Waals surface area contributed by atoms with Gasteiger partial charge in [0.05, 0.1) is 5.69 Å². The van der Waals surface area contributed by atoms with Crippen molar-refractivity contribution in [2.75, 3.05) is 25.0 Å². The van der Waals surface area contributed by atoms with Crippen molar-refractivity contribution < 1.29 is 13.2 Å². The van der Waals surface area contributed by atoms with Gasteiger partial charge in [0, 0.05) is 26.2 Å². The Morgan fingerprint density at radius 1 is 1.03 bits per heavy atom. The smallest absolute Gasteiger partial charge is 0.241 e. The van der Waals surface area contributed by atoms with Gasteiger partial charge in [-0.05, 0) is 53.8 Å². The summed E-state index contributed by atoms with van der Waals surface area (Å²) < 4.78 is 31.3. The molecule has 3 aromatic carbocycles. The molecule has 6 nitrogen and oxygen atoms in total. The Kier molecular flexibility index (Phi) is 8.23. The van der Waals surface area contributed by atoms with Gasteiger partial charge in [-0.25, -0.2) is 13.6 Å². The highest BCUT2D eigenvalue weighted by molar-refractivity contribution is 7.89. The molecule has 7 heteroatoms. The quantitative estimate of drug-likeness (QED) is 0.359. The number of anilines is 1. The van der Waals surface area contributed by atoms with Gasteiger partial charge < -0.3 is 10.1 Å². The maximum atomic E-state index is 12.6. The molecule has 35 heavy (non-hydrogen) atoms. The summed E-state index contributed by atoms with van der Waals surface area (Å²) in [6.45, 7) is 5.14. The van der Waals surface area contributed by atoms with Crippen LogP contribution in [0.3, 0.4) is 0 Å². The van der Waals surface area contributed by atoms with E-state index in [0.717, 1.165) is 37.9 Å². The fraction of sp³-hybridized carbons (Fsp3) is 0.286. The molecule has 0 aliphatic carbocycles. The zero-order valence-electron chi connectivity index (χ0n) is 20.1. The van der Waals surface area contributed by atoms with Gasteiger partial charge in [0.25, 0.3) is 0 Å². The second-order valence-electron chi connectivity index (χ2n) is 8.79. The van der Waals surface area contributed by atoms with Crippen molar-refractivity contribution in [2.45, 2.75) is 37.6 Å². The average Bonchev–Trinajstić information content (AvgIpc) is 2.86. The summed E-state index contributed by atoms with van der Waals surface area (Å²) in [7, 11) is -4.01. The van der Waals surface area contributed by atoms with E-state index in [1.807, 2.05) is 30.3 Å². The molecule has 0 saturated heterocycles. The van der Waals surface area contributed by atoms with Gasteiger partial charge in [0.15, 0.2) is 5.75 Å². The molecule has 1 heterocycles. The Balaban J connectivity index is 1.62. The standard InChI is InChI=1S/C28H33N3O3S/c1-2-3-16-30-26-19-22(21-31-17-14-24(15-18-31)23-10-6-4-7-11-23)20-27(35(29,32)33)28(26)34-25-12-8-5-9-13-25/h4-14,19-20,30H,2-3,15-18,21H2,1H3,(H2,29,32,33). The maximum absolute atomic E-state index is 12.6. The number of primary sulfonamides is 1. The molecule has 0 unspecified atom stereocenters. The molecular formula is C28H33N3O3S. The van der Waals surface area contributed by atoms with Gasteiger partial charge in [-0.3, -0.25) is 4.90 Å². The van der Waals surface area contributed by atoms with Gasteiger partial charge >= 0.3 is 0 Å². The van der Waals surface area contributed by atoms with Crippen LogP contribution in [0.25, 0.3) is 5.57 Å². The summed E-state index contributed by atoms with van der Waals surface area (Å²) in [5.74, 6) is 0.793. The van der Waals surface area contributed by atoms with Crippen molar-refractivity contribution in [2.24, 2.45) is 5.14 Å². The first-order valence-electron chi connectivity index (χ1n) is 12.1. The van der Waals surface area contributed by atoms with Gasteiger partial charge in [-0.2, -0.15) is 0 Å². The Morgan fingerprint density at radius 3 is 2.37 bits per heavy atom. The highest BCUT2D eigenvalue weighted by atomic mass is 32.2. The molecule has 184 valence electrons. The fourth-order valence-electron chi connectivity index (χ4n) is 4.23. The number of nitrogens with zero attached hydrogens (tertiary/aromatic N) is 1. The number of nitrogens with one attached hydrogen (secondary N) is 1. The normalized spacial score (nSPS) is 14.4. The second kappa shape index (κ2) is 11.5. The minimum Gasteiger partial charge on any atom is -0.454 e. The van der Waals surface area contributed by atoms with Crippen molar-refractivity contribution >= 4 is 21.3 Å². The molecule has 0 radical (unpaired) electrons. The Morgan fingerprint density at radius 2 is 1.74 bits per heavy atom. The van der Waals surface area contributed by atoms with Crippen LogP contribution in [0.4, 0.5) is 5.69 Å². The molecule has 1 aliphatic heterocycles. The third-order valence-electron chi connectivity index (χ3n) is 6.07. The number of unbranched alkanes of at least 4 members (excludes halogenated alkanes) is 1. The largest absolute Gasteiger partial charge is 0.454 e. The summed E-state index contributed by atoms with van der Waals surface area (Å²) in [6.07, 6.45) is 5.18. The van der Waals surface area contributed by atoms with E-state index in [-0.39, 0.29) is 10.6 Å². The van der Waals surface area contributed by atoms with Crippen molar-refractivity contribution in [1.82, 2.24) is 4.90 Å². The molecule has 1 aliphatic rings. The van der Waals surface area contributed by atoms with Crippen molar-refractivity contribution in [3.05, 3.63) is 90.0 Å². The van der Waals surface area contributed by atoms with E-state index in [9.17, 15) is 8.42 Å². The monoisotopic (exact) mass is 491 g/mol. The van der Waals surface area contributed by atoms with Gasteiger partial charge in [0.1, 0.15) is 10.6 Å². The molecule has 4 rings (SSSR count). The number of hydrogen-bond donors (Lipinski definition) is 2. The summed E-state index contributed by atoms with van der Waals surface area (Å²) in [5, 5.41) is 9.04. The molecule has 0 atom stereocenters. The summed E-state index contributed by atoms with van der Waals surface area (Å²) in [4.78, 5) is 2.30. The lowest BCUT2D eigenvalue weighted by Crippen LogP contribution is -2.28. The number of sulfonamides is 1. The van der Waals surface area contributed by atoms with Gasteiger partial charge in [-0.1, -0.05) is 68.0 Å². The van der Waals surface area contributed by atoms with E-state index in [2.05, 4.69) is 47.5 Å². The SMILES string of the molecule is CCCCNc1cc(CN2CC=C(c3ccccc3)CC2)cc(S(N)(=O)=O)c1Oc1ccccc1. The van der Waals surface area contributed by atoms with Crippen LogP contribution in [-0.4, -0.2) is 33.0 Å². The molecule has 0 aromatic heterocycles. The number of benzene rings is 3. The minimum absolute atomic E-state index is 0.00428. The lowest BCUT2D eigenvalue weighted by atomic mass is 9.99. The highest BCUT2D eigenvalue weighted by Gasteiger charge is 2.23. The number of hydrogen-bond acceptors (Lipinski definition) is 5. The van der Waals surface area contributed by atoms with Crippen LogP contribution in [0.5, 0.6) is 11.5 Å². The van der Waals surface area contributed by atoms with Crippen LogP contribution in [0.1, 0.15) is 37.3 Å². The maximum Gasteiger partial charge on any atom is 0.241 e. The predicted molar refractivity (Wildman–Crippen MR) is 142 cm³/mol. The van der Waals surface area contributed by atoms with Gasteiger partial charge in [-0.15, -0.1) is 0 Å². The first-order chi connectivity index (χ1) is 16.9. The summed E-state index contributed by atoms with van der Waals surface area (Å²) >= 11 is 0. The number of rotatable bonds is 10. The lowest BCUT2D eigenvalue weighted by molar-refractivity contribution is 0.293. The van der Waals surface area contributed by atoms with E-state index in [1.54, 1.807) is 18.2 Å². The van der Waals surface area contributed by atoms with E-state index >= 15 is 0 Å². The van der Waals surface area contributed by atoms with E-state index in [1.165, 1.54) is 11.1 Å². The van der Waals surface area contributed by atoms with Crippen LogP contribution in [-0.2, 0) is 16.6 Å². The van der Waals surface area contributed by atoms with Crippen LogP contribution >= 0.6 is 0 Å². The molecule has 0 saturated carbocycles. The first-order valence-corrected chi connectivity index (χ1v) is 13.6. The molecule has 0 bridgehead atoms. The highest BCUT2D eigenvalue weighted by Crippen LogP contribution is 2.37. The third kappa shape index (κ3) is 6.72. The number of nitrogens with two attached hydrogens (primary N) is 1. The summed E-state index contributed by atoms with van der Waals surface area (Å²) in [6, 6.07) is 23.2. The van der Waals surface area contributed by atoms with Crippen LogP contribution < -0.4 is 15.2 Å². The Bertz CT molecular complexity index is 1260. The van der Waals surface area contributed by atoms with Crippen LogP contribution in [0.2, 0.25) is 0 Å². The molecule has 3 aromatic rings. The van der Waals surface area contributed by atoms with Crippen LogP contribution in [0, 0.1) is 0 Å². The van der Waals surface area contributed by atoms with Crippen LogP contribution in [0.15, 0.2) is 83.8 Å². The van der Waals surface area contributed by atoms with Crippen molar-refractivity contribution in [3.63, 3.8) is 0 Å². The molecular weight excluding hydrogens is 458 g/mol. The van der Waals surface area contributed by atoms with E-state index in [0.29, 0.717) is 24.5 Å². The summed E-state index contributed by atoms with van der Waals surface area (Å²) in [5.41, 5.74) is 4.13. The molecule has 3 N–H and O–H groups in total. The molecule has 0 fully saturated rings. The Hall–Kier alpha value is -3.13. The zero-order valence-corrected chi connectivity index (χ0v) is 20.9. The van der Waals surface area contributed by atoms with Crippen molar-refractivity contribution in [1.29, 1.82) is 0 Å². The third-order valence-corrected chi connectivity index (χ3v) is 6.99. The zero-order chi connectivity index (χ0) is 24.7. The minimum atomic E-state index is -4.01. The first kappa shape index (κ1) is 25.0. The molecule has 0 amide bonds. The van der Waals surface area contributed by atoms with Gasteiger partial charge in [0.2, 0.25) is 10.0 Å². The molecule has 0 spiro atoms. The lowest BCUT2D eigenvalue weighted by Gasteiger charge is -2.27. The number of para-hydroxylation sites is 1. The van der Waals surface area contributed by atoms with E-state index < -0.39 is 10.0 Å². The number of ether oxygens (including phenoxy) is 1. The van der Waals surface area contributed by atoms with E-state index in [4.69, 9.17) is 9.88 Å². The Labute approximate surface area is 208 Å². The topological polar surface area (TPSA) is 84.7 Å². The predicted octanol–water partition coefficient (Wildman–Crippen LogP) is 5.63. The fourth-order valence-corrected chi connectivity index (χ4v) is 4.96.